The van der Waals surface area contributed by atoms with Crippen LogP contribution in [-0.4, -0.2) is 15.1 Å². The number of imidazole rings is 1. The van der Waals surface area contributed by atoms with Crippen LogP contribution < -0.4 is 5.32 Å². The number of nitrogens with zero attached hydrogens (tertiary/aromatic N) is 2. The van der Waals surface area contributed by atoms with Gasteiger partial charge in [-0.05, 0) is 37.8 Å². The van der Waals surface area contributed by atoms with Crippen molar-refractivity contribution in [1.82, 2.24) is 9.55 Å². The molecule has 0 aliphatic rings. The van der Waals surface area contributed by atoms with Gasteiger partial charge in [-0.15, -0.1) is 0 Å². The normalized spacial score (nSPS) is 12.4. The number of nitrogens with one attached hydrogen (secondary N) is 1. The van der Waals surface area contributed by atoms with Crippen LogP contribution in [-0.2, 0) is 0 Å². The Bertz CT molecular complexity index is 547. The first-order chi connectivity index (χ1) is 9.27. The second kappa shape index (κ2) is 5.31. The molecule has 0 spiro atoms. The molecule has 1 aromatic carbocycles. The van der Waals surface area contributed by atoms with Gasteiger partial charge in [-0.2, -0.15) is 0 Å². The van der Waals surface area contributed by atoms with E-state index >= 15 is 0 Å². The molecule has 1 heterocycles. The van der Waals surface area contributed by atoms with E-state index in [1.807, 2.05) is 30.6 Å². The van der Waals surface area contributed by atoms with Crippen molar-refractivity contribution < 1.29 is 0 Å². The summed E-state index contributed by atoms with van der Waals surface area (Å²) in [6.07, 6.45) is 4.90. The molecule has 1 N–H and O–H groups in total. The summed E-state index contributed by atoms with van der Waals surface area (Å²) >= 11 is 0. The summed E-state index contributed by atoms with van der Waals surface area (Å²) in [5, 5.41) is 3.57. The lowest BCUT2D eigenvalue weighted by molar-refractivity contribution is 0.301. The van der Waals surface area contributed by atoms with Crippen molar-refractivity contribution >= 4 is 5.95 Å². The molecule has 0 aliphatic carbocycles. The monoisotopic (exact) mass is 271 g/mol. The number of para-hydroxylation sites is 1. The number of hydrogen-bond donors (Lipinski definition) is 1. The van der Waals surface area contributed by atoms with Crippen LogP contribution in [0.4, 0.5) is 5.95 Å². The Balaban J connectivity index is 2.21. The van der Waals surface area contributed by atoms with E-state index in [9.17, 15) is 0 Å². The quantitative estimate of drug-likeness (QED) is 0.887. The van der Waals surface area contributed by atoms with Gasteiger partial charge in [0, 0.05) is 23.6 Å². The van der Waals surface area contributed by atoms with E-state index in [1.54, 1.807) is 0 Å². The molecule has 0 bridgehead atoms. The van der Waals surface area contributed by atoms with Gasteiger partial charge in [0.25, 0.3) is 0 Å². The summed E-state index contributed by atoms with van der Waals surface area (Å²) in [6, 6.07) is 10.3. The Hall–Kier alpha value is -1.77. The summed E-state index contributed by atoms with van der Waals surface area (Å²) in [5.74, 6) is 0.894. The van der Waals surface area contributed by atoms with Gasteiger partial charge < -0.3 is 5.32 Å². The van der Waals surface area contributed by atoms with Crippen molar-refractivity contribution in [2.75, 3.05) is 5.32 Å². The lowest BCUT2D eigenvalue weighted by Gasteiger charge is -2.33. The Labute approximate surface area is 122 Å². The van der Waals surface area contributed by atoms with E-state index in [2.05, 4.69) is 61.6 Å². The molecule has 108 valence electrons. The number of aromatic nitrogens is 2. The summed E-state index contributed by atoms with van der Waals surface area (Å²) in [4.78, 5) is 4.46. The first-order valence-corrected chi connectivity index (χ1v) is 7.14. The SMILES string of the molecule is CC(C)(C)CC(C)(C)Nc1nccn1-c1ccccc1. The fourth-order valence-electron chi connectivity index (χ4n) is 2.87. The molecule has 0 radical (unpaired) electrons. The number of anilines is 1. The average Bonchev–Trinajstić information content (AvgIpc) is 2.74. The maximum Gasteiger partial charge on any atom is 0.207 e. The molecule has 0 saturated carbocycles. The van der Waals surface area contributed by atoms with E-state index in [-0.39, 0.29) is 11.0 Å². The Morgan fingerprint density at radius 3 is 2.30 bits per heavy atom. The third-order valence-corrected chi connectivity index (χ3v) is 3.10. The van der Waals surface area contributed by atoms with Crippen LogP contribution in [0.15, 0.2) is 42.7 Å². The molecule has 0 amide bonds. The van der Waals surface area contributed by atoms with Crippen LogP contribution >= 0.6 is 0 Å². The van der Waals surface area contributed by atoms with E-state index in [0.29, 0.717) is 0 Å². The highest BCUT2D eigenvalue weighted by Crippen LogP contribution is 2.29. The molecule has 0 atom stereocenters. The zero-order chi connectivity index (χ0) is 14.8. The first-order valence-electron chi connectivity index (χ1n) is 7.14. The molecular weight excluding hydrogens is 246 g/mol. The second-order valence-corrected chi connectivity index (χ2v) is 7.20. The molecule has 0 saturated heterocycles. The summed E-state index contributed by atoms with van der Waals surface area (Å²) in [7, 11) is 0. The van der Waals surface area contributed by atoms with Gasteiger partial charge in [-0.1, -0.05) is 39.0 Å². The van der Waals surface area contributed by atoms with Crippen molar-refractivity contribution in [3.63, 3.8) is 0 Å². The zero-order valence-corrected chi connectivity index (χ0v) is 13.1. The Kier molecular flexibility index (Phi) is 3.89. The molecular formula is C17H25N3. The van der Waals surface area contributed by atoms with Gasteiger partial charge in [0.2, 0.25) is 5.95 Å². The fraction of sp³-hybridized carbons (Fsp3) is 0.471. The van der Waals surface area contributed by atoms with E-state index in [4.69, 9.17) is 0 Å². The minimum atomic E-state index is -0.00384. The largest absolute Gasteiger partial charge is 0.350 e. The third-order valence-electron chi connectivity index (χ3n) is 3.10. The van der Waals surface area contributed by atoms with E-state index in [0.717, 1.165) is 18.1 Å². The highest BCUT2D eigenvalue weighted by Gasteiger charge is 2.26. The lowest BCUT2D eigenvalue weighted by atomic mass is 9.82. The summed E-state index contributed by atoms with van der Waals surface area (Å²) in [5.41, 5.74) is 1.40. The topological polar surface area (TPSA) is 29.9 Å². The molecule has 0 unspecified atom stereocenters. The second-order valence-electron chi connectivity index (χ2n) is 7.20. The summed E-state index contributed by atoms with van der Waals surface area (Å²) < 4.78 is 2.09. The smallest absolute Gasteiger partial charge is 0.207 e. The standard InChI is InChI=1S/C17H25N3/c1-16(2,3)13-17(4,5)19-15-18-11-12-20(15)14-9-7-6-8-10-14/h6-12H,13H2,1-5H3,(H,18,19). The molecule has 1 aromatic heterocycles. The Morgan fingerprint density at radius 1 is 1.05 bits per heavy atom. The minimum Gasteiger partial charge on any atom is -0.350 e. The van der Waals surface area contributed by atoms with Crippen molar-refractivity contribution in [2.24, 2.45) is 5.41 Å². The van der Waals surface area contributed by atoms with Gasteiger partial charge in [0.15, 0.2) is 0 Å². The summed E-state index contributed by atoms with van der Waals surface area (Å²) in [6.45, 7) is 11.2. The molecule has 0 aliphatic heterocycles. The predicted molar refractivity (Wildman–Crippen MR) is 85.3 cm³/mol. The van der Waals surface area contributed by atoms with Crippen molar-refractivity contribution in [3.8, 4) is 5.69 Å². The van der Waals surface area contributed by atoms with Gasteiger partial charge in [-0.25, -0.2) is 4.98 Å². The average molecular weight is 271 g/mol. The van der Waals surface area contributed by atoms with E-state index in [1.165, 1.54) is 0 Å². The van der Waals surface area contributed by atoms with Gasteiger partial charge in [0.05, 0.1) is 0 Å². The fourth-order valence-corrected chi connectivity index (χ4v) is 2.87. The molecule has 20 heavy (non-hydrogen) atoms. The van der Waals surface area contributed by atoms with Crippen LogP contribution in [0.2, 0.25) is 0 Å². The highest BCUT2D eigenvalue weighted by molar-refractivity contribution is 5.42. The number of hydrogen-bond acceptors (Lipinski definition) is 2. The van der Waals surface area contributed by atoms with Gasteiger partial charge >= 0.3 is 0 Å². The zero-order valence-electron chi connectivity index (χ0n) is 13.1. The lowest BCUT2D eigenvalue weighted by Crippen LogP contribution is -2.36. The van der Waals surface area contributed by atoms with Crippen LogP contribution in [0, 0.1) is 5.41 Å². The highest BCUT2D eigenvalue weighted by atomic mass is 15.2. The number of benzene rings is 1. The van der Waals surface area contributed by atoms with Crippen molar-refractivity contribution in [2.45, 2.75) is 46.6 Å². The molecule has 2 rings (SSSR count). The van der Waals surface area contributed by atoms with Crippen LogP contribution in [0.1, 0.15) is 41.0 Å². The van der Waals surface area contributed by atoms with Crippen LogP contribution in [0.25, 0.3) is 5.69 Å². The van der Waals surface area contributed by atoms with E-state index < -0.39 is 0 Å². The van der Waals surface area contributed by atoms with Gasteiger partial charge in [-0.3, -0.25) is 4.57 Å². The maximum absolute atomic E-state index is 4.46. The van der Waals surface area contributed by atoms with Crippen LogP contribution in [0.5, 0.6) is 0 Å². The molecule has 0 fully saturated rings. The number of rotatable bonds is 4. The maximum atomic E-state index is 4.46. The Morgan fingerprint density at radius 2 is 1.70 bits per heavy atom. The molecule has 2 aromatic rings. The van der Waals surface area contributed by atoms with Crippen LogP contribution in [0.3, 0.4) is 0 Å². The molecule has 3 nitrogen and oxygen atoms in total. The minimum absolute atomic E-state index is 0.00384. The molecule has 3 heteroatoms. The first kappa shape index (κ1) is 14.6. The third kappa shape index (κ3) is 3.86. The predicted octanol–water partition coefficient (Wildman–Crippen LogP) is 4.50. The van der Waals surface area contributed by atoms with Gasteiger partial charge in [0.1, 0.15) is 0 Å². The van der Waals surface area contributed by atoms with Crippen molar-refractivity contribution in [1.29, 1.82) is 0 Å². The van der Waals surface area contributed by atoms with Crippen molar-refractivity contribution in [3.05, 3.63) is 42.7 Å².